The van der Waals surface area contributed by atoms with Gasteiger partial charge in [-0.05, 0) is 36.8 Å². The van der Waals surface area contributed by atoms with E-state index in [2.05, 4.69) is 26.5 Å². The highest BCUT2D eigenvalue weighted by atomic mass is 16.7. The summed E-state index contributed by atoms with van der Waals surface area (Å²) in [4.78, 5) is 44.5. The third-order valence-electron chi connectivity index (χ3n) is 7.03. The van der Waals surface area contributed by atoms with Crippen LogP contribution in [0.1, 0.15) is 17.5 Å². The Kier molecular flexibility index (Phi) is 7.57. The number of hydrogen-bond donors (Lipinski definition) is 2. The van der Waals surface area contributed by atoms with Gasteiger partial charge in [0.15, 0.2) is 11.5 Å². The van der Waals surface area contributed by atoms with Crippen LogP contribution in [0.4, 0.5) is 5.69 Å². The molecule has 1 atom stereocenters. The SMILES string of the molecule is Cc1ccc(NC(=O)C[C@H]2C(=O)NCCN2C(=O)CN2CCN(Cc3ccc4c(c3)OCO4)CC2)cc1. The Balaban J connectivity index is 1.11. The Morgan fingerprint density at radius 2 is 1.70 bits per heavy atom. The number of ether oxygens (including phenoxy) is 2. The van der Waals surface area contributed by atoms with Crippen molar-refractivity contribution in [2.24, 2.45) is 0 Å². The van der Waals surface area contributed by atoms with Crippen molar-refractivity contribution in [2.75, 3.05) is 57.9 Å². The minimum Gasteiger partial charge on any atom is -0.454 e. The van der Waals surface area contributed by atoms with E-state index in [4.69, 9.17) is 9.47 Å². The van der Waals surface area contributed by atoms with Gasteiger partial charge in [-0.25, -0.2) is 0 Å². The van der Waals surface area contributed by atoms with Crippen molar-refractivity contribution in [1.82, 2.24) is 20.0 Å². The van der Waals surface area contributed by atoms with Crippen molar-refractivity contribution >= 4 is 23.4 Å². The molecule has 2 N–H and O–H groups in total. The number of rotatable bonds is 7. The summed E-state index contributed by atoms with van der Waals surface area (Å²) in [6.07, 6.45) is -0.0746. The lowest BCUT2D eigenvalue weighted by molar-refractivity contribution is -0.145. The van der Waals surface area contributed by atoms with E-state index in [0.717, 1.165) is 49.8 Å². The number of amides is 3. The zero-order chi connectivity index (χ0) is 25.8. The number of carbonyl (C=O) groups excluding carboxylic acids is 3. The fraction of sp³-hybridized carbons (Fsp3) is 0.444. The first-order chi connectivity index (χ1) is 17.9. The summed E-state index contributed by atoms with van der Waals surface area (Å²) in [6, 6.07) is 12.7. The Morgan fingerprint density at radius 1 is 0.973 bits per heavy atom. The van der Waals surface area contributed by atoms with Crippen LogP contribution in [-0.2, 0) is 20.9 Å². The van der Waals surface area contributed by atoms with Crippen LogP contribution in [0.2, 0.25) is 0 Å². The quantitative estimate of drug-likeness (QED) is 0.581. The van der Waals surface area contributed by atoms with Gasteiger partial charge in [-0.2, -0.15) is 0 Å². The molecule has 10 heteroatoms. The number of benzene rings is 2. The van der Waals surface area contributed by atoms with E-state index >= 15 is 0 Å². The van der Waals surface area contributed by atoms with Crippen LogP contribution in [0, 0.1) is 6.92 Å². The van der Waals surface area contributed by atoms with Crippen LogP contribution in [0.25, 0.3) is 0 Å². The third-order valence-corrected chi connectivity index (χ3v) is 7.03. The molecule has 0 unspecified atom stereocenters. The maximum absolute atomic E-state index is 13.2. The molecule has 0 spiro atoms. The minimum absolute atomic E-state index is 0.0746. The Labute approximate surface area is 216 Å². The molecule has 5 rings (SSSR count). The Morgan fingerprint density at radius 3 is 2.49 bits per heavy atom. The first-order valence-corrected chi connectivity index (χ1v) is 12.7. The lowest BCUT2D eigenvalue weighted by Gasteiger charge is -2.38. The molecule has 196 valence electrons. The van der Waals surface area contributed by atoms with Gasteiger partial charge >= 0.3 is 0 Å². The summed E-state index contributed by atoms with van der Waals surface area (Å²) in [5.74, 6) is 0.874. The van der Waals surface area contributed by atoms with Crippen molar-refractivity contribution in [3.05, 3.63) is 53.6 Å². The molecular formula is C27H33N5O5. The van der Waals surface area contributed by atoms with Crippen molar-refractivity contribution < 1.29 is 23.9 Å². The zero-order valence-electron chi connectivity index (χ0n) is 21.1. The minimum atomic E-state index is -0.806. The molecule has 10 nitrogen and oxygen atoms in total. The van der Waals surface area contributed by atoms with Crippen LogP contribution >= 0.6 is 0 Å². The summed E-state index contributed by atoms with van der Waals surface area (Å²) in [7, 11) is 0. The van der Waals surface area contributed by atoms with E-state index in [0.29, 0.717) is 18.8 Å². The zero-order valence-corrected chi connectivity index (χ0v) is 21.1. The molecule has 3 aliphatic heterocycles. The molecule has 0 bridgehead atoms. The van der Waals surface area contributed by atoms with E-state index in [9.17, 15) is 14.4 Å². The van der Waals surface area contributed by atoms with Gasteiger partial charge < -0.3 is 25.0 Å². The lowest BCUT2D eigenvalue weighted by atomic mass is 10.1. The van der Waals surface area contributed by atoms with Crippen molar-refractivity contribution in [3.8, 4) is 11.5 Å². The van der Waals surface area contributed by atoms with Crippen molar-refractivity contribution in [2.45, 2.75) is 25.9 Å². The van der Waals surface area contributed by atoms with Gasteiger partial charge in [0.25, 0.3) is 0 Å². The first-order valence-electron chi connectivity index (χ1n) is 12.7. The largest absolute Gasteiger partial charge is 0.454 e. The molecule has 37 heavy (non-hydrogen) atoms. The van der Waals surface area contributed by atoms with E-state index < -0.39 is 6.04 Å². The Bertz CT molecular complexity index is 1150. The van der Waals surface area contributed by atoms with Crippen LogP contribution in [0.15, 0.2) is 42.5 Å². The van der Waals surface area contributed by atoms with Crippen LogP contribution < -0.4 is 20.1 Å². The Hall–Kier alpha value is -3.63. The van der Waals surface area contributed by atoms with E-state index in [1.165, 1.54) is 5.56 Å². The van der Waals surface area contributed by atoms with Gasteiger partial charge in [0.2, 0.25) is 24.5 Å². The van der Waals surface area contributed by atoms with Crippen molar-refractivity contribution in [3.63, 3.8) is 0 Å². The van der Waals surface area contributed by atoms with E-state index in [1.807, 2.05) is 43.3 Å². The lowest BCUT2D eigenvalue weighted by Crippen LogP contribution is -2.60. The van der Waals surface area contributed by atoms with Crippen LogP contribution in [0.3, 0.4) is 0 Å². The second-order valence-electron chi connectivity index (χ2n) is 9.75. The topological polar surface area (TPSA) is 103 Å². The van der Waals surface area contributed by atoms with Gasteiger partial charge in [-0.15, -0.1) is 0 Å². The maximum Gasteiger partial charge on any atom is 0.243 e. The fourth-order valence-electron chi connectivity index (χ4n) is 4.93. The molecule has 2 saturated heterocycles. The predicted octanol–water partition coefficient (Wildman–Crippen LogP) is 1.20. The highest BCUT2D eigenvalue weighted by Crippen LogP contribution is 2.32. The predicted molar refractivity (Wildman–Crippen MR) is 137 cm³/mol. The van der Waals surface area contributed by atoms with E-state index in [1.54, 1.807) is 4.90 Å². The first kappa shape index (κ1) is 25.0. The maximum atomic E-state index is 13.2. The molecule has 3 aliphatic rings. The number of hydrogen-bond acceptors (Lipinski definition) is 7. The average Bonchev–Trinajstić information content (AvgIpc) is 3.36. The summed E-state index contributed by atoms with van der Waals surface area (Å²) in [5, 5.41) is 5.62. The molecule has 0 radical (unpaired) electrons. The second kappa shape index (κ2) is 11.2. The summed E-state index contributed by atoms with van der Waals surface area (Å²) >= 11 is 0. The summed E-state index contributed by atoms with van der Waals surface area (Å²) in [6.45, 7) is 7.27. The molecule has 2 fully saturated rings. The molecule has 0 aromatic heterocycles. The highest BCUT2D eigenvalue weighted by Gasteiger charge is 2.35. The smallest absolute Gasteiger partial charge is 0.243 e. The van der Waals surface area contributed by atoms with Crippen LogP contribution in [0.5, 0.6) is 11.5 Å². The molecule has 0 aliphatic carbocycles. The summed E-state index contributed by atoms with van der Waals surface area (Å²) < 4.78 is 10.9. The summed E-state index contributed by atoms with van der Waals surface area (Å²) in [5.41, 5.74) is 2.93. The number of piperazine rings is 2. The number of nitrogens with one attached hydrogen (secondary N) is 2. The number of anilines is 1. The van der Waals surface area contributed by atoms with Crippen molar-refractivity contribution in [1.29, 1.82) is 0 Å². The third kappa shape index (κ3) is 6.20. The highest BCUT2D eigenvalue weighted by molar-refractivity contribution is 5.97. The molecule has 3 amide bonds. The standard InChI is InChI=1S/C27H33N5O5/c1-19-2-5-21(6-3-19)29-25(33)15-22-27(35)28-8-9-32(22)26(34)17-31-12-10-30(11-13-31)16-20-4-7-23-24(14-20)37-18-36-23/h2-7,14,22H,8-13,15-18H2,1H3,(H,28,35)(H,29,33)/t22-/m0/s1. The van der Waals surface area contributed by atoms with Gasteiger partial charge in [-0.3, -0.25) is 24.2 Å². The average molecular weight is 508 g/mol. The second-order valence-corrected chi connectivity index (χ2v) is 9.75. The van der Waals surface area contributed by atoms with Crippen LogP contribution in [-0.4, -0.2) is 91.1 Å². The van der Waals surface area contributed by atoms with Gasteiger partial charge in [0, 0.05) is 51.5 Å². The molecule has 2 aromatic rings. The molecule has 0 saturated carbocycles. The number of carbonyl (C=O) groups is 3. The number of aryl methyl sites for hydroxylation is 1. The molecule has 3 heterocycles. The number of nitrogens with zero attached hydrogens (tertiary/aromatic N) is 3. The molecule has 2 aromatic carbocycles. The normalized spacial score (nSPS) is 20.0. The van der Waals surface area contributed by atoms with Gasteiger partial charge in [-0.1, -0.05) is 23.8 Å². The van der Waals surface area contributed by atoms with Gasteiger partial charge in [0.1, 0.15) is 6.04 Å². The number of fused-ring (bicyclic) bond motifs is 1. The van der Waals surface area contributed by atoms with Gasteiger partial charge in [0.05, 0.1) is 13.0 Å². The van der Waals surface area contributed by atoms with E-state index in [-0.39, 0.29) is 37.5 Å². The fourth-order valence-corrected chi connectivity index (χ4v) is 4.93. The molecular weight excluding hydrogens is 474 g/mol. The monoisotopic (exact) mass is 507 g/mol.